The highest BCUT2D eigenvalue weighted by molar-refractivity contribution is 5.57. The van der Waals surface area contributed by atoms with E-state index in [1.54, 1.807) is 19.1 Å². The quantitative estimate of drug-likeness (QED) is 0.703. The first-order chi connectivity index (χ1) is 12.6. The molecule has 0 fully saturated rings. The predicted molar refractivity (Wildman–Crippen MR) is 91.8 cm³/mol. The molecule has 3 aromatic heterocycles. The van der Waals surface area contributed by atoms with Gasteiger partial charge in [-0.15, -0.1) is 0 Å². The monoisotopic (exact) mass is 378 g/mol. The summed E-state index contributed by atoms with van der Waals surface area (Å²) in [4.78, 5) is 11.6. The average molecular weight is 378 g/mol. The molecule has 0 saturated heterocycles. The Bertz CT molecular complexity index is 924. The standard InChI is InChI=1S/C18H17F3N4O2/c1-11-3-4-14(27-11)17(2,26)10-23-15-9-13(18(19,20)21)24-16(25-15)12-5-7-22-8-6-12/h3-9,26H,10H2,1-2H3,(H,23,24,25). The van der Waals surface area contributed by atoms with Crippen molar-refractivity contribution in [1.29, 1.82) is 0 Å². The zero-order chi connectivity index (χ0) is 19.7. The van der Waals surface area contributed by atoms with Gasteiger partial charge in [-0.05, 0) is 38.1 Å². The zero-order valence-electron chi connectivity index (χ0n) is 14.6. The van der Waals surface area contributed by atoms with Crippen LogP contribution >= 0.6 is 0 Å². The van der Waals surface area contributed by atoms with Crippen molar-refractivity contribution >= 4 is 5.82 Å². The van der Waals surface area contributed by atoms with Gasteiger partial charge in [0.1, 0.15) is 22.9 Å². The van der Waals surface area contributed by atoms with Crippen molar-refractivity contribution in [2.75, 3.05) is 11.9 Å². The maximum atomic E-state index is 13.2. The van der Waals surface area contributed by atoms with Crippen molar-refractivity contribution < 1.29 is 22.7 Å². The molecule has 0 spiro atoms. The fourth-order valence-corrected chi connectivity index (χ4v) is 2.39. The fourth-order valence-electron chi connectivity index (χ4n) is 2.39. The van der Waals surface area contributed by atoms with E-state index in [1.807, 2.05) is 0 Å². The number of furan rings is 1. The Hall–Kier alpha value is -2.94. The van der Waals surface area contributed by atoms with Crippen LogP contribution in [0.2, 0.25) is 0 Å². The lowest BCUT2D eigenvalue weighted by molar-refractivity contribution is -0.141. The van der Waals surface area contributed by atoms with Gasteiger partial charge in [0.05, 0.1) is 6.54 Å². The van der Waals surface area contributed by atoms with E-state index in [4.69, 9.17) is 4.42 Å². The Morgan fingerprint density at radius 2 is 1.81 bits per heavy atom. The molecule has 1 unspecified atom stereocenters. The third kappa shape index (κ3) is 4.43. The van der Waals surface area contributed by atoms with Crippen molar-refractivity contribution in [2.45, 2.75) is 25.6 Å². The molecule has 0 saturated carbocycles. The van der Waals surface area contributed by atoms with E-state index in [-0.39, 0.29) is 18.2 Å². The van der Waals surface area contributed by atoms with Crippen LogP contribution < -0.4 is 5.32 Å². The summed E-state index contributed by atoms with van der Waals surface area (Å²) in [5, 5.41) is 13.3. The van der Waals surface area contributed by atoms with Gasteiger partial charge in [0.25, 0.3) is 0 Å². The number of aromatic nitrogens is 3. The second-order valence-electron chi connectivity index (χ2n) is 6.23. The van der Waals surface area contributed by atoms with Crippen molar-refractivity contribution in [3.05, 3.63) is 59.9 Å². The summed E-state index contributed by atoms with van der Waals surface area (Å²) >= 11 is 0. The molecule has 1 atom stereocenters. The topological polar surface area (TPSA) is 84.1 Å². The molecule has 3 aromatic rings. The molecule has 2 N–H and O–H groups in total. The minimum absolute atomic E-state index is 0.0623. The number of nitrogens with one attached hydrogen (secondary N) is 1. The molecule has 6 nitrogen and oxygen atoms in total. The van der Waals surface area contributed by atoms with Gasteiger partial charge in [0.15, 0.2) is 11.5 Å². The Morgan fingerprint density at radius 3 is 2.41 bits per heavy atom. The number of pyridine rings is 1. The number of rotatable bonds is 5. The first-order valence-electron chi connectivity index (χ1n) is 8.05. The number of hydrogen-bond acceptors (Lipinski definition) is 6. The highest BCUT2D eigenvalue weighted by Gasteiger charge is 2.34. The molecular weight excluding hydrogens is 361 g/mol. The third-order valence-electron chi connectivity index (χ3n) is 3.84. The van der Waals surface area contributed by atoms with Crippen molar-refractivity contribution in [3.8, 4) is 11.4 Å². The molecule has 142 valence electrons. The molecule has 0 aromatic carbocycles. The highest BCUT2D eigenvalue weighted by atomic mass is 19.4. The molecule has 0 radical (unpaired) electrons. The van der Waals surface area contributed by atoms with Crippen LogP contribution in [-0.2, 0) is 11.8 Å². The lowest BCUT2D eigenvalue weighted by atomic mass is 10.0. The van der Waals surface area contributed by atoms with Crippen LogP contribution in [-0.4, -0.2) is 26.6 Å². The molecule has 0 aliphatic heterocycles. The number of nitrogens with zero attached hydrogens (tertiary/aromatic N) is 3. The summed E-state index contributed by atoms with van der Waals surface area (Å²) in [6.45, 7) is 3.12. The molecular formula is C18H17F3N4O2. The fraction of sp³-hybridized carbons (Fsp3) is 0.278. The number of alkyl halides is 3. The van der Waals surface area contributed by atoms with Crippen LogP contribution in [0.15, 0.2) is 47.1 Å². The molecule has 0 amide bonds. The van der Waals surface area contributed by atoms with Crippen LogP contribution in [0.4, 0.5) is 19.0 Å². The van der Waals surface area contributed by atoms with Crippen molar-refractivity contribution in [2.24, 2.45) is 0 Å². The largest absolute Gasteiger partial charge is 0.463 e. The predicted octanol–water partition coefficient (Wildman–Crippen LogP) is 3.78. The van der Waals surface area contributed by atoms with Crippen LogP contribution in [0.3, 0.4) is 0 Å². The number of hydrogen-bond donors (Lipinski definition) is 2. The number of halogens is 3. The molecule has 27 heavy (non-hydrogen) atoms. The van der Waals surface area contributed by atoms with Gasteiger partial charge < -0.3 is 14.8 Å². The van der Waals surface area contributed by atoms with Gasteiger partial charge in [-0.2, -0.15) is 13.2 Å². The average Bonchev–Trinajstić information content (AvgIpc) is 3.07. The number of aliphatic hydroxyl groups is 1. The highest BCUT2D eigenvalue weighted by Crippen LogP contribution is 2.31. The lowest BCUT2D eigenvalue weighted by Gasteiger charge is -2.22. The summed E-state index contributed by atoms with van der Waals surface area (Å²) in [5.74, 6) is 0.759. The number of aryl methyl sites for hydroxylation is 1. The molecule has 0 aliphatic rings. The normalized spacial score (nSPS) is 14.0. The van der Waals surface area contributed by atoms with Gasteiger partial charge in [-0.3, -0.25) is 4.98 Å². The third-order valence-corrected chi connectivity index (χ3v) is 3.84. The van der Waals surface area contributed by atoms with Gasteiger partial charge in [-0.25, -0.2) is 9.97 Å². The second kappa shape index (κ2) is 6.99. The van der Waals surface area contributed by atoms with Crippen molar-refractivity contribution in [3.63, 3.8) is 0 Å². The van der Waals surface area contributed by atoms with Crippen LogP contribution in [0.1, 0.15) is 24.1 Å². The zero-order valence-corrected chi connectivity index (χ0v) is 14.6. The minimum Gasteiger partial charge on any atom is -0.463 e. The number of anilines is 1. The van der Waals surface area contributed by atoms with Gasteiger partial charge in [0.2, 0.25) is 0 Å². The maximum Gasteiger partial charge on any atom is 0.433 e. The summed E-state index contributed by atoms with van der Waals surface area (Å²) < 4.78 is 45.0. The van der Waals surface area contributed by atoms with Gasteiger partial charge >= 0.3 is 6.18 Å². The SMILES string of the molecule is Cc1ccc(C(C)(O)CNc2cc(C(F)(F)F)nc(-c3ccncc3)n2)o1. The second-order valence-corrected chi connectivity index (χ2v) is 6.23. The summed E-state index contributed by atoms with van der Waals surface area (Å²) in [5.41, 5.74) is -2.12. The molecule has 0 aliphatic carbocycles. The van der Waals surface area contributed by atoms with E-state index < -0.39 is 17.5 Å². The van der Waals surface area contributed by atoms with Crippen LogP contribution in [0.25, 0.3) is 11.4 Å². The lowest BCUT2D eigenvalue weighted by Crippen LogP contribution is -2.30. The minimum atomic E-state index is -4.64. The van der Waals surface area contributed by atoms with E-state index in [0.29, 0.717) is 17.1 Å². The first kappa shape index (κ1) is 18.8. The Labute approximate surface area is 153 Å². The Morgan fingerprint density at radius 1 is 1.11 bits per heavy atom. The molecule has 3 rings (SSSR count). The summed E-state index contributed by atoms with van der Waals surface area (Å²) in [6.07, 6.45) is -1.76. The van der Waals surface area contributed by atoms with E-state index in [1.165, 1.54) is 31.5 Å². The van der Waals surface area contributed by atoms with Crippen LogP contribution in [0.5, 0.6) is 0 Å². The summed E-state index contributed by atoms with van der Waals surface area (Å²) in [6, 6.07) is 7.13. The van der Waals surface area contributed by atoms with Crippen molar-refractivity contribution in [1.82, 2.24) is 15.0 Å². The first-order valence-corrected chi connectivity index (χ1v) is 8.05. The van der Waals surface area contributed by atoms with Crippen LogP contribution in [0, 0.1) is 6.92 Å². The molecule has 3 heterocycles. The van der Waals surface area contributed by atoms with Gasteiger partial charge in [0, 0.05) is 24.0 Å². The van der Waals surface area contributed by atoms with E-state index in [9.17, 15) is 18.3 Å². The Kier molecular flexibility index (Phi) is 4.88. The summed E-state index contributed by atoms with van der Waals surface area (Å²) in [7, 11) is 0. The van der Waals surface area contributed by atoms with Gasteiger partial charge in [-0.1, -0.05) is 0 Å². The maximum absolute atomic E-state index is 13.2. The van der Waals surface area contributed by atoms with E-state index >= 15 is 0 Å². The smallest absolute Gasteiger partial charge is 0.433 e. The van der Waals surface area contributed by atoms with E-state index in [2.05, 4.69) is 20.3 Å². The molecule has 9 heteroatoms. The Balaban J connectivity index is 1.90. The molecule has 0 bridgehead atoms. The van der Waals surface area contributed by atoms with E-state index in [0.717, 1.165) is 6.07 Å².